The first-order valence-corrected chi connectivity index (χ1v) is 13.3. The molecule has 0 atom stereocenters. The van der Waals surface area contributed by atoms with Gasteiger partial charge in [-0.05, 0) is 54.6 Å². The maximum atomic E-state index is 13.5. The van der Waals surface area contributed by atoms with Crippen molar-refractivity contribution in [3.8, 4) is 16.9 Å². The third-order valence-corrected chi connectivity index (χ3v) is 7.78. The second-order valence-electron chi connectivity index (χ2n) is 8.37. The molecular formula is C28H24IN5OS. The van der Waals surface area contributed by atoms with Gasteiger partial charge in [0, 0.05) is 27.1 Å². The lowest BCUT2D eigenvalue weighted by Crippen LogP contribution is -2.19. The fourth-order valence-corrected chi connectivity index (χ4v) is 5.26. The van der Waals surface area contributed by atoms with Crippen molar-refractivity contribution < 1.29 is 0 Å². The van der Waals surface area contributed by atoms with Crippen LogP contribution < -0.4 is 10.4 Å². The molecule has 3 aromatic carbocycles. The minimum atomic E-state index is -0.167. The van der Waals surface area contributed by atoms with Crippen LogP contribution in [-0.2, 0) is 7.05 Å². The van der Waals surface area contributed by atoms with E-state index in [9.17, 15) is 4.79 Å². The second-order valence-corrected chi connectivity index (χ2v) is 10.4. The maximum Gasteiger partial charge on any atom is 0.297 e. The largest absolute Gasteiger partial charge is 0.297 e. The van der Waals surface area contributed by atoms with Gasteiger partial charge in [0.05, 0.1) is 23.3 Å². The fourth-order valence-electron chi connectivity index (χ4n) is 3.89. The SMILES string of the molecule is Cc1ccc(-c2csc(=Nc3c(C)n(C)n(-c4ccccc4)c3=O)n2N=Cc2ccccc2I)cc1. The number of nitrogens with zero attached hydrogens (tertiary/aromatic N) is 5. The summed E-state index contributed by atoms with van der Waals surface area (Å²) in [4.78, 5) is 19.0. The smallest absolute Gasteiger partial charge is 0.283 e. The molecule has 0 radical (unpaired) electrons. The molecule has 0 spiro atoms. The zero-order valence-electron chi connectivity index (χ0n) is 20.1. The quantitative estimate of drug-likeness (QED) is 0.178. The molecule has 0 fully saturated rings. The Balaban J connectivity index is 1.70. The van der Waals surface area contributed by atoms with Crippen LogP contribution in [0.25, 0.3) is 16.9 Å². The van der Waals surface area contributed by atoms with Gasteiger partial charge in [-0.1, -0.05) is 66.2 Å². The van der Waals surface area contributed by atoms with Crippen LogP contribution in [0.4, 0.5) is 5.69 Å². The lowest BCUT2D eigenvalue weighted by atomic mass is 10.1. The van der Waals surface area contributed by atoms with Gasteiger partial charge in [-0.25, -0.2) is 14.4 Å². The topological polar surface area (TPSA) is 56.6 Å². The molecule has 36 heavy (non-hydrogen) atoms. The lowest BCUT2D eigenvalue weighted by Gasteiger charge is -2.07. The van der Waals surface area contributed by atoms with Gasteiger partial charge in [0.2, 0.25) is 4.80 Å². The van der Waals surface area contributed by atoms with E-state index in [1.807, 2.05) is 89.5 Å². The van der Waals surface area contributed by atoms with Crippen molar-refractivity contribution >= 4 is 45.8 Å². The first-order chi connectivity index (χ1) is 17.4. The number of hydrogen-bond acceptors (Lipinski definition) is 4. The van der Waals surface area contributed by atoms with E-state index < -0.39 is 0 Å². The zero-order valence-corrected chi connectivity index (χ0v) is 23.1. The highest BCUT2D eigenvalue weighted by Crippen LogP contribution is 2.22. The van der Waals surface area contributed by atoms with Crippen molar-refractivity contribution in [3.63, 3.8) is 0 Å². The number of halogens is 1. The van der Waals surface area contributed by atoms with Gasteiger partial charge < -0.3 is 0 Å². The number of para-hydroxylation sites is 1. The molecule has 0 N–H and O–H groups in total. The van der Waals surface area contributed by atoms with Crippen LogP contribution in [0.3, 0.4) is 0 Å². The Kier molecular flexibility index (Phi) is 6.88. The van der Waals surface area contributed by atoms with Crippen LogP contribution in [0.2, 0.25) is 0 Å². The minimum Gasteiger partial charge on any atom is -0.283 e. The van der Waals surface area contributed by atoms with Gasteiger partial charge in [-0.2, -0.15) is 5.10 Å². The summed E-state index contributed by atoms with van der Waals surface area (Å²) in [6.45, 7) is 3.98. The molecule has 0 amide bonds. The molecule has 180 valence electrons. The van der Waals surface area contributed by atoms with E-state index in [0.29, 0.717) is 10.5 Å². The van der Waals surface area contributed by atoms with E-state index >= 15 is 0 Å². The average Bonchev–Trinajstić information content (AvgIpc) is 3.38. The summed E-state index contributed by atoms with van der Waals surface area (Å²) in [5.74, 6) is 0. The number of aryl methyl sites for hydroxylation is 1. The normalized spacial score (nSPS) is 12.1. The molecule has 2 aromatic heterocycles. The number of rotatable bonds is 5. The van der Waals surface area contributed by atoms with E-state index in [1.165, 1.54) is 16.9 Å². The molecule has 6 nitrogen and oxygen atoms in total. The molecule has 5 rings (SSSR count). The third-order valence-electron chi connectivity index (χ3n) is 5.98. The van der Waals surface area contributed by atoms with Crippen LogP contribution >= 0.6 is 33.9 Å². The van der Waals surface area contributed by atoms with E-state index in [4.69, 9.17) is 10.1 Å². The standard InChI is InChI=1S/C28H24IN5OS/c1-19-13-15-21(16-14-19)25-18-36-28(33(25)30-17-22-9-7-8-12-24(22)29)31-26-20(2)32(3)34(27(26)35)23-10-5-4-6-11-23/h4-18H,1-3H3. The fraction of sp³-hybridized carbons (Fsp3) is 0.107. The van der Waals surface area contributed by atoms with E-state index in [-0.39, 0.29) is 5.56 Å². The Labute approximate surface area is 226 Å². The molecule has 0 bridgehead atoms. The number of benzene rings is 3. The Morgan fingerprint density at radius 3 is 2.33 bits per heavy atom. The van der Waals surface area contributed by atoms with Gasteiger partial charge in [-0.15, -0.1) is 11.3 Å². The molecule has 0 unspecified atom stereocenters. The Bertz CT molecular complexity index is 1690. The van der Waals surface area contributed by atoms with Crippen molar-refractivity contribution in [1.82, 2.24) is 14.0 Å². The van der Waals surface area contributed by atoms with Gasteiger partial charge in [0.15, 0.2) is 5.69 Å². The van der Waals surface area contributed by atoms with Gasteiger partial charge in [0.25, 0.3) is 5.56 Å². The highest BCUT2D eigenvalue weighted by atomic mass is 127. The van der Waals surface area contributed by atoms with Gasteiger partial charge in [-0.3, -0.25) is 9.48 Å². The summed E-state index contributed by atoms with van der Waals surface area (Å²) in [6.07, 6.45) is 1.84. The van der Waals surface area contributed by atoms with E-state index in [0.717, 1.165) is 31.8 Å². The second kappa shape index (κ2) is 10.2. The van der Waals surface area contributed by atoms with Crippen molar-refractivity contribution in [1.29, 1.82) is 0 Å². The number of thiazole rings is 1. The van der Waals surface area contributed by atoms with Crippen molar-refractivity contribution in [3.05, 3.63) is 120 Å². The molecule has 8 heteroatoms. The third kappa shape index (κ3) is 4.66. The van der Waals surface area contributed by atoms with Crippen LogP contribution in [0.1, 0.15) is 16.8 Å². The predicted molar refractivity (Wildman–Crippen MR) is 156 cm³/mol. The van der Waals surface area contributed by atoms with E-state index in [1.54, 1.807) is 4.68 Å². The first-order valence-electron chi connectivity index (χ1n) is 11.4. The van der Waals surface area contributed by atoms with Crippen LogP contribution in [0.15, 0.2) is 99.1 Å². The Morgan fingerprint density at radius 1 is 0.917 bits per heavy atom. The lowest BCUT2D eigenvalue weighted by molar-refractivity contribution is 0.630. The first kappa shape index (κ1) is 24.2. The predicted octanol–water partition coefficient (Wildman–Crippen LogP) is 6.04. The van der Waals surface area contributed by atoms with Crippen molar-refractivity contribution in [2.24, 2.45) is 17.1 Å². The molecule has 0 aliphatic rings. The number of aromatic nitrogens is 3. The summed E-state index contributed by atoms with van der Waals surface area (Å²) in [5.41, 5.74) is 5.96. The maximum absolute atomic E-state index is 13.5. The van der Waals surface area contributed by atoms with Crippen LogP contribution in [0.5, 0.6) is 0 Å². The monoisotopic (exact) mass is 605 g/mol. The highest BCUT2D eigenvalue weighted by molar-refractivity contribution is 14.1. The summed E-state index contributed by atoms with van der Waals surface area (Å²) in [6, 6.07) is 26.0. The Hall–Kier alpha value is -3.50. The molecule has 0 saturated carbocycles. The van der Waals surface area contributed by atoms with Crippen LogP contribution in [0, 0.1) is 17.4 Å². The molecule has 0 aliphatic heterocycles. The molecule has 5 aromatic rings. The molecular weight excluding hydrogens is 581 g/mol. The highest BCUT2D eigenvalue weighted by Gasteiger charge is 2.17. The van der Waals surface area contributed by atoms with Gasteiger partial charge in [0.1, 0.15) is 0 Å². The number of hydrogen-bond donors (Lipinski definition) is 0. The molecule has 0 aliphatic carbocycles. The molecule has 0 saturated heterocycles. The van der Waals surface area contributed by atoms with Crippen LogP contribution in [-0.4, -0.2) is 20.3 Å². The van der Waals surface area contributed by atoms with E-state index in [2.05, 4.69) is 53.8 Å². The Morgan fingerprint density at radius 2 is 1.61 bits per heavy atom. The van der Waals surface area contributed by atoms with Crippen molar-refractivity contribution in [2.75, 3.05) is 0 Å². The average molecular weight is 606 g/mol. The van der Waals surface area contributed by atoms with Gasteiger partial charge >= 0.3 is 0 Å². The minimum absolute atomic E-state index is 0.167. The summed E-state index contributed by atoms with van der Waals surface area (Å²) in [7, 11) is 1.87. The zero-order chi connectivity index (χ0) is 25.2. The molecule has 2 heterocycles. The summed E-state index contributed by atoms with van der Waals surface area (Å²) >= 11 is 3.77. The van der Waals surface area contributed by atoms with Crippen molar-refractivity contribution in [2.45, 2.75) is 13.8 Å². The summed E-state index contributed by atoms with van der Waals surface area (Å²) in [5, 5.41) is 6.86. The summed E-state index contributed by atoms with van der Waals surface area (Å²) < 4.78 is 6.40.